The maximum atomic E-state index is 13.6. The number of rotatable bonds is 6. The van der Waals surface area contributed by atoms with E-state index in [0.29, 0.717) is 49.8 Å². The van der Waals surface area contributed by atoms with Crippen LogP contribution in [0.15, 0.2) is 29.2 Å². The first-order valence-corrected chi connectivity index (χ1v) is 14.2. The molecule has 37 heavy (non-hydrogen) atoms. The molecule has 1 aromatic heterocycles. The molecule has 1 N–H and O–H groups in total. The van der Waals surface area contributed by atoms with Gasteiger partial charge in [-0.15, -0.1) is 11.3 Å². The molecule has 0 radical (unpaired) electrons. The summed E-state index contributed by atoms with van der Waals surface area (Å²) in [6, 6.07) is 5.62. The Hall–Kier alpha value is -3.00. The first kappa shape index (κ1) is 27.0. The summed E-state index contributed by atoms with van der Waals surface area (Å²) in [5, 5.41) is 3.27. The Balaban J connectivity index is 1.63. The highest BCUT2D eigenvalue weighted by Gasteiger charge is 2.33. The van der Waals surface area contributed by atoms with Gasteiger partial charge in [0.15, 0.2) is 0 Å². The largest absolute Gasteiger partial charge is 0.450 e. The van der Waals surface area contributed by atoms with Gasteiger partial charge in [-0.1, -0.05) is 0 Å². The van der Waals surface area contributed by atoms with E-state index in [0.717, 1.165) is 14.7 Å². The van der Waals surface area contributed by atoms with Crippen LogP contribution < -0.4 is 5.32 Å². The summed E-state index contributed by atoms with van der Waals surface area (Å²) in [5.41, 5.74) is 1.51. The molecule has 3 heterocycles. The summed E-state index contributed by atoms with van der Waals surface area (Å²) in [5.74, 6) is -0.654. The molecule has 4 rings (SSSR count). The van der Waals surface area contributed by atoms with Crippen LogP contribution >= 0.6 is 11.3 Å². The third-order valence-corrected chi connectivity index (χ3v) is 9.18. The maximum Gasteiger partial charge on any atom is 0.410 e. The number of fused-ring (bicyclic) bond motifs is 1. The lowest BCUT2D eigenvalue weighted by Crippen LogP contribution is -2.41. The maximum absolute atomic E-state index is 13.6. The average Bonchev–Trinajstić information content (AvgIpc) is 3.25. The first-order valence-electron chi connectivity index (χ1n) is 11.9. The van der Waals surface area contributed by atoms with E-state index < -0.39 is 22.0 Å². The van der Waals surface area contributed by atoms with E-state index in [2.05, 4.69) is 5.32 Å². The SMILES string of the molecule is CCOC(=O)N1CCc2c(sc(NC(=O)c3ccc(S(=O)(=O)N(C)C)cc3)c2C(=O)N2CCOCC2)C1. The Morgan fingerprint density at radius 1 is 1.08 bits per heavy atom. The Labute approximate surface area is 220 Å². The number of ether oxygens (including phenoxy) is 2. The van der Waals surface area contributed by atoms with E-state index in [1.165, 1.54) is 49.7 Å². The zero-order valence-electron chi connectivity index (χ0n) is 21.0. The summed E-state index contributed by atoms with van der Waals surface area (Å²) in [4.78, 5) is 43.2. The third-order valence-electron chi connectivity index (χ3n) is 6.22. The summed E-state index contributed by atoms with van der Waals surface area (Å²) < 4.78 is 36.3. The second-order valence-corrected chi connectivity index (χ2v) is 12.0. The fraction of sp³-hybridized carbons (Fsp3) is 0.458. The van der Waals surface area contributed by atoms with Crippen LogP contribution in [0.25, 0.3) is 0 Å². The highest BCUT2D eigenvalue weighted by molar-refractivity contribution is 7.89. The molecular weight excluding hydrogens is 520 g/mol. The van der Waals surface area contributed by atoms with Crippen molar-refractivity contribution >= 4 is 44.3 Å². The van der Waals surface area contributed by atoms with Crippen LogP contribution in [-0.2, 0) is 32.5 Å². The molecular formula is C24H30N4O7S2. The summed E-state index contributed by atoms with van der Waals surface area (Å²) in [6.45, 7) is 4.49. The standard InChI is InChI=1S/C24H30N4O7S2/c1-4-35-24(31)28-10-9-18-19(15-28)36-22(20(18)23(30)27-11-13-34-14-12-27)25-21(29)16-5-7-17(8-6-16)37(32,33)26(2)3/h5-8H,4,9-15H2,1-3H3,(H,25,29). The molecule has 1 aromatic carbocycles. The zero-order chi connectivity index (χ0) is 26.7. The molecule has 0 bridgehead atoms. The Bertz CT molecular complexity index is 1280. The van der Waals surface area contributed by atoms with Crippen molar-refractivity contribution in [1.29, 1.82) is 0 Å². The smallest absolute Gasteiger partial charge is 0.410 e. The number of thiophene rings is 1. The van der Waals surface area contributed by atoms with Gasteiger partial charge in [-0.2, -0.15) is 0 Å². The molecule has 0 aliphatic carbocycles. The molecule has 200 valence electrons. The Morgan fingerprint density at radius 2 is 1.76 bits per heavy atom. The molecule has 0 saturated carbocycles. The molecule has 2 aliphatic heterocycles. The predicted octanol–water partition coefficient (Wildman–Crippen LogP) is 2.24. The average molecular weight is 551 g/mol. The highest BCUT2D eigenvalue weighted by atomic mass is 32.2. The van der Waals surface area contributed by atoms with Crippen LogP contribution in [-0.4, -0.2) is 94.0 Å². The number of nitrogens with one attached hydrogen (secondary N) is 1. The monoisotopic (exact) mass is 550 g/mol. The van der Waals surface area contributed by atoms with Crippen molar-refractivity contribution in [2.75, 3.05) is 58.9 Å². The van der Waals surface area contributed by atoms with E-state index in [1.54, 1.807) is 16.7 Å². The Morgan fingerprint density at radius 3 is 2.38 bits per heavy atom. The lowest BCUT2D eigenvalue weighted by molar-refractivity contribution is 0.0303. The molecule has 1 fully saturated rings. The minimum Gasteiger partial charge on any atom is -0.450 e. The minimum absolute atomic E-state index is 0.0721. The minimum atomic E-state index is -3.63. The van der Waals surface area contributed by atoms with E-state index >= 15 is 0 Å². The third kappa shape index (κ3) is 5.64. The molecule has 13 heteroatoms. The van der Waals surface area contributed by atoms with Crippen molar-refractivity contribution in [3.63, 3.8) is 0 Å². The molecule has 2 aliphatic rings. The second-order valence-electron chi connectivity index (χ2n) is 8.75. The van der Waals surface area contributed by atoms with E-state index in [4.69, 9.17) is 9.47 Å². The van der Waals surface area contributed by atoms with Gasteiger partial charge < -0.3 is 24.6 Å². The van der Waals surface area contributed by atoms with Crippen molar-refractivity contribution in [3.8, 4) is 0 Å². The Kier molecular flexibility index (Phi) is 8.17. The van der Waals surface area contributed by atoms with E-state index in [9.17, 15) is 22.8 Å². The van der Waals surface area contributed by atoms with Crippen molar-refractivity contribution < 1.29 is 32.3 Å². The highest BCUT2D eigenvalue weighted by Crippen LogP contribution is 2.38. The number of sulfonamides is 1. The van der Waals surface area contributed by atoms with Crippen LogP contribution in [0, 0.1) is 0 Å². The van der Waals surface area contributed by atoms with E-state index in [1.807, 2.05) is 0 Å². The molecule has 0 unspecified atom stereocenters. The molecule has 3 amide bonds. The van der Waals surface area contributed by atoms with Gasteiger partial charge in [0.1, 0.15) is 5.00 Å². The second kappa shape index (κ2) is 11.2. The van der Waals surface area contributed by atoms with Gasteiger partial charge >= 0.3 is 6.09 Å². The predicted molar refractivity (Wildman–Crippen MR) is 137 cm³/mol. The lowest BCUT2D eigenvalue weighted by atomic mass is 10.0. The number of hydrogen-bond donors (Lipinski definition) is 1. The van der Waals surface area contributed by atoms with Crippen LogP contribution in [0.1, 0.15) is 38.1 Å². The number of nitrogens with zero attached hydrogens (tertiary/aromatic N) is 3. The number of morpholine rings is 1. The van der Waals surface area contributed by atoms with Gasteiger partial charge in [0.05, 0.1) is 36.8 Å². The van der Waals surface area contributed by atoms with Crippen LogP contribution in [0.3, 0.4) is 0 Å². The van der Waals surface area contributed by atoms with Crippen molar-refractivity contribution in [1.82, 2.24) is 14.1 Å². The van der Waals surface area contributed by atoms with E-state index in [-0.39, 0.29) is 29.5 Å². The molecule has 0 atom stereocenters. The van der Waals surface area contributed by atoms with Crippen LogP contribution in [0.2, 0.25) is 0 Å². The quantitative estimate of drug-likeness (QED) is 0.585. The van der Waals surface area contributed by atoms with Crippen LogP contribution in [0.4, 0.5) is 9.80 Å². The number of hydrogen-bond acceptors (Lipinski definition) is 8. The summed E-state index contributed by atoms with van der Waals surface area (Å²) in [7, 11) is -0.756. The zero-order valence-corrected chi connectivity index (χ0v) is 22.6. The topological polar surface area (TPSA) is 126 Å². The first-order chi connectivity index (χ1) is 17.6. The fourth-order valence-electron chi connectivity index (χ4n) is 4.18. The summed E-state index contributed by atoms with van der Waals surface area (Å²) >= 11 is 1.27. The van der Waals surface area contributed by atoms with Gasteiger partial charge in [-0.05, 0) is 43.2 Å². The van der Waals surface area contributed by atoms with Crippen LogP contribution in [0.5, 0.6) is 0 Å². The van der Waals surface area contributed by atoms with Crippen molar-refractivity contribution in [2.24, 2.45) is 0 Å². The number of amides is 3. The summed E-state index contributed by atoms with van der Waals surface area (Å²) in [6.07, 6.45) is 0.0456. The molecule has 11 nitrogen and oxygen atoms in total. The molecule has 2 aromatic rings. The number of benzene rings is 1. The number of anilines is 1. The molecule has 0 spiro atoms. The number of carbonyl (C=O) groups excluding carboxylic acids is 3. The van der Waals surface area contributed by atoms with Gasteiger partial charge in [0, 0.05) is 44.2 Å². The van der Waals surface area contributed by atoms with Crippen molar-refractivity contribution in [3.05, 3.63) is 45.8 Å². The van der Waals surface area contributed by atoms with Gasteiger partial charge in [0.2, 0.25) is 10.0 Å². The van der Waals surface area contributed by atoms with Crippen molar-refractivity contribution in [2.45, 2.75) is 24.8 Å². The fourth-order valence-corrected chi connectivity index (χ4v) is 6.33. The molecule has 1 saturated heterocycles. The number of carbonyl (C=O) groups is 3. The van der Waals surface area contributed by atoms with Gasteiger partial charge in [0.25, 0.3) is 11.8 Å². The lowest BCUT2D eigenvalue weighted by Gasteiger charge is -2.29. The van der Waals surface area contributed by atoms with Gasteiger partial charge in [-0.25, -0.2) is 17.5 Å². The normalized spacial score (nSPS) is 15.9. The van der Waals surface area contributed by atoms with Gasteiger partial charge in [-0.3, -0.25) is 9.59 Å².